The lowest BCUT2D eigenvalue weighted by molar-refractivity contribution is 0.0235. The Balaban J connectivity index is 1.90. The molecule has 3 N–H and O–H groups in total. The molecular formula is C15H30N2O. The van der Waals surface area contributed by atoms with Crippen molar-refractivity contribution >= 4 is 0 Å². The molecule has 0 aromatic rings. The van der Waals surface area contributed by atoms with Gasteiger partial charge in [-0.3, -0.25) is 0 Å². The zero-order valence-electron chi connectivity index (χ0n) is 12.0. The molecule has 18 heavy (non-hydrogen) atoms. The summed E-state index contributed by atoms with van der Waals surface area (Å²) in [5, 5.41) is 9.68. The molecular weight excluding hydrogens is 224 g/mol. The van der Waals surface area contributed by atoms with Gasteiger partial charge in [0, 0.05) is 6.04 Å². The van der Waals surface area contributed by atoms with Crippen molar-refractivity contribution in [1.29, 1.82) is 0 Å². The van der Waals surface area contributed by atoms with Gasteiger partial charge in [-0.25, -0.2) is 0 Å². The van der Waals surface area contributed by atoms with Crippen LogP contribution in [0.25, 0.3) is 0 Å². The lowest BCUT2D eigenvalue weighted by Gasteiger charge is -2.45. The number of rotatable bonds is 3. The lowest BCUT2D eigenvalue weighted by atomic mass is 9.77. The average molecular weight is 254 g/mol. The Hall–Kier alpha value is -0.120. The lowest BCUT2D eigenvalue weighted by Crippen LogP contribution is -2.50. The predicted molar refractivity (Wildman–Crippen MR) is 75.3 cm³/mol. The third kappa shape index (κ3) is 3.25. The highest BCUT2D eigenvalue weighted by molar-refractivity contribution is 4.89. The largest absolute Gasteiger partial charge is 0.393 e. The SMILES string of the molecule is CC1CCC(CN)C(N2CCC(C(C)O)CC2)C1. The standard InChI is InChI=1S/C15H30N2O/c1-11-3-4-14(10-16)15(9-11)17-7-5-13(6-8-17)12(2)18/h11-15,18H,3-10,16H2,1-2H3. The molecule has 0 bridgehead atoms. The molecule has 0 aromatic heterocycles. The summed E-state index contributed by atoms with van der Waals surface area (Å²) in [5.74, 6) is 2.06. The Bertz CT molecular complexity index is 249. The molecule has 2 fully saturated rings. The third-order valence-corrected chi connectivity index (χ3v) is 5.25. The molecule has 1 aliphatic heterocycles. The summed E-state index contributed by atoms with van der Waals surface area (Å²) in [6, 6.07) is 0.702. The zero-order valence-corrected chi connectivity index (χ0v) is 12.0. The molecule has 3 nitrogen and oxygen atoms in total. The first-order valence-corrected chi connectivity index (χ1v) is 7.74. The second-order valence-electron chi connectivity index (χ2n) is 6.60. The first kappa shape index (κ1) is 14.3. The zero-order chi connectivity index (χ0) is 13.1. The summed E-state index contributed by atoms with van der Waals surface area (Å²) in [6.07, 6.45) is 6.14. The number of nitrogens with zero attached hydrogens (tertiary/aromatic N) is 1. The maximum absolute atomic E-state index is 9.68. The Morgan fingerprint density at radius 2 is 1.89 bits per heavy atom. The molecule has 1 saturated carbocycles. The van der Waals surface area contributed by atoms with Crippen molar-refractivity contribution in [2.75, 3.05) is 19.6 Å². The van der Waals surface area contributed by atoms with Crippen LogP contribution in [0.5, 0.6) is 0 Å². The van der Waals surface area contributed by atoms with E-state index in [9.17, 15) is 5.11 Å². The van der Waals surface area contributed by atoms with E-state index in [2.05, 4.69) is 11.8 Å². The van der Waals surface area contributed by atoms with E-state index in [0.717, 1.165) is 38.4 Å². The molecule has 0 amide bonds. The van der Waals surface area contributed by atoms with E-state index in [-0.39, 0.29) is 6.10 Å². The molecule has 1 aliphatic carbocycles. The number of hydrogen-bond donors (Lipinski definition) is 2. The van der Waals surface area contributed by atoms with Crippen molar-refractivity contribution in [2.45, 2.75) is 58.1 Å². The fourth-order valence-corrected chi connectivity index (χ4v) is 3.87. The predicted octanol–water partition coefficient (Wildman–Crippen LogP) is 1.84. The van der Waals surface area contributed by atoms with Gasteiger partial charge in [0.2, 0.25) is 0 Å². The van der Waals surface area contributed by atoms with Gasteiger partial charge in [-0.1, -0.05) is 13.3 Å². The van der Waals surface area contributed by atoms with Crippen LogP contribution in [0.15, 0.2) is 0 Å². The summed E-state index contributed by atoms with van der Waals surface area (Å²) >= 11 is 0. The molecule has 3 heteroatoms. The number of hydrogen-bond acceptors (Lipinski definition) is 3. The molecule has 1 heterocycles. The van der Waals surface area contributed by atoms with Gasteiger partial charge < -0.3 is 15.7 Å². The Morgan fingerprint density at radius 3 is 2.44 bits per heavy atom. The second kappa shape index (κ2) is 6.36. The highest BCUT2D eigenvalue weighted by Crippen LogP contribution is 2.34. The van der Waals surface area contributed by atoms with Crippen molar-refractivity contribution in [3.05, 3.63) is 0 Å². The first-order chi connectivity index (χ1) is 8.61. The van der Waals surface area contributed by atoms with E-state index in [1.807, 2.05) is 6.92 Å². The van der Waals surface area contributed by atoms with Crippen LogP contribution in [0.3, 0.4) is 0 Å². The van der Waals surface area contributed by atoms with Gasteiger partial charge in [0.05, 0.1) is 6.10 Å². The van der Waals surface area contributed by atoms with Crippen LogP contribution in [0, 0.1) is 17.8 Å². The second-order valence-corrected chi connectivity index (χ2v) is 6.60. The quantitative estimate of drug-likeness (QED) is 0.808. The first-order valence-electron chi connectivity index (χ1n) is 7.74. The van der Waals surface area contributed by atoms with E-state index in [4.69, 9.17) is 5.73 Å². The Morgan fingerprint density at radius 1 is 1.22 bits per heavy atom. The third-order valence-electron chi connectivity index (χ3n) is 5.25. The van der Waals surface area contributed by atoms with Gasteiger partial charge >= 0.3 is 0 Å². The van der Waals surface area contributed by atoms with Crippen molar-refractivity contribution in [2.24, 2.45) is 23.5 Å². The van der Waals surface area contributed by atoms with E-state index in [0.29, 0.717) is 17.9 Å². The maximum Gasteiger partial charge on any atom is 0.0541 e. The highest BCUT2D eigenvalue weighted by atomic mass is 16.3. The average Bonchev–Trinajstić information content (AvgIpc) is 2.39. The van der Waals surface area contributed by atoms with Crippen molar-refractivity contribution in [3.8, 4) is 0 Å². The minimum Gasteiger partial charge on any atom is -0.393 e. The van der Waals surface area contributed by atoms with Gasteiger partial charge in [-0.05, 0) is 70.0 Å². The maximum atomic E-state index is 9.68. The fraction of sp³-hybridized carbons (Fsp3) is 1.00. The fourth-order valence-electron chi connectivity index (χ4n) is 3.87. The van der Waals surface area contributed by atoms with Crippen molar-refractivity contribution in [3.63, 3.8) is 0 Å². The van der Waals surface area contributed by atoms with Gasteiger partial charge in [0.25, 0.3) is 0 Å². The van der Waals surface area contributed by atoms with Crippen molar-refractivity contribution in [1.82, 2.24) is 4.90 Å². The van der Waals surface area contributed by atoms with Crippen molar-refractivity contribution < 1.29 is 5.11 Å². The van der Waals surface area contributed by atoms with Crippen LogP contribution in [-0.4, -0.2) is 41.8 Å². The molecule has 2 aliphatic rings. The molecule has 106 valence electrons. The number of aliphatic hydroxyl groups is 1. The highest BCUT2D eigenvalue weighted by Gasteiger charge is 2.34. The summed E-state index contributed by atoms with van der Waals surface area (Å²) in [6.45, 7) is 7.47. The normalized spacial score (nSPS) is 37.7. The van der Waals surface area contributed by atoms with Gasteiger partial charge in [0.1, 0.15) is 0 Å². The van der Waals surface area contributed by atoms with Crippen LogP contribution in [0.2, 0.25) is 0 Å². The molecule has 1 saturated heterocycles. The molecule has 0 spiro atoms. The summed E-state index contributed by atoms with van der Waals surface area (Å²) in [5.41, 5.74) is 5.95. The van der Waals surface area contributed by atoms with Crippen LogP contribution >= 0.6 is 0 Å². The number of aliphatic hydroxyl groups excluding tert-OH is 1. The van der Waals surface area contributed by atoms with Crippen LogP contribution < -0.4 is 5.73 Å². The van der Waals surface area contributed by atoms with E-state index in [1.54, 1.807) is 0 Å². The number of likely N-dealkylation sites (tertiary alicyclic amines) is 1. The monoisotopic (exact) mass is 254 g/mol. The van der Waals surface area contributed by atoms with Crippen LogP contribution in [0.4, 0.5) is 0 Å². The number of piperidine rings is 1. The smallest absolute Gasteiger partial charge is 0.0541 e. The molecule has 4 unspecified atom stereocenters. The molecule has 0 radical (unpaired) electrons. The summed E-state index contributed by atoms with van der Waals surface area (Å²) < 4.78 is 0. The van der Waals surface area contributed by atoms with E-state index < -0.39 is 0 Å². The van der Waals surface area contributed by atoms with Crippen LogP contribution in [0.1, 0.15) is 46.0 Å². The molecule has 0 aromatic carbocycles. The Kier molecular flexibility index (Phi) is 5.05. The number of nitrogens with two attached hydrogens (primary N) is 1. The topological polar surface area (TPSA) is 49.5 Å². The van der Waals surface area contributed by atoms with Gasteiger partial charge in [0.15, 0.2) is 0 Å². The van der Waals surface area contributed by atoms with Gasteiger partial charge in [-0.2, -0.15) is 0 Å². The Labute approximate surface area is 112 Å². The minimum atomic E-state index is -0.136. The van der Waals surface area contributed by atoms with Crippen LogP contribution in [-0.2, 0) is 0 Å². The molecule has 4 atom stereocenters. The van der Waals surface area contributed by atoms with E-state index in [1.165, 1.54) is 19.3 Å². The minimum absolute atomic E-state index is 0.136. The molecule has 2 rings (SSSR count). The summed E-state index contributed by atoms with van der Waals surface area (Å²) in [4.78, 5) is 2.66. The van der Waals surface area contributed by atoms with Gasteiger partial charge in [-0.15, -0.1) is 0 Å². The summed E-state index contributed by atoms with van der Waals surface area (Å²) in [7, 11) is 0. The van der Waals surface area contributed by atoms with E-state index >= 15 is 0 Å².